The Morgan fingerprint density at radius 1 is 0.588 bits per heavy atom. The van der Waals surface area contributed by atoms with Crippen LogP contribution < -0.4 is 0 Å². The Labute approximate surface area is 195 Å². The lowest BCUT2D eigenvalue weighted by molar-refractivity contribution is 1.13. The molecule has 0 aliphatic heterocycles. The molecule has 2 heterocycles. The van der Waals surface area contributed by atoms with Crippen LogP contribution >= 0.6 is 0 Å². The minimum atomic E-state index is 0.474. The summed E-state index contributed by atoms with van der Waals surface area (Å²) in [7, 11) is 0. The molecule has 156 valence electrons. The fourth-order valence-corrected chi connectivity index (χ4v) is 5.32. The van der Waals surface area contributed by atoms with Crippen molar-refractivity contribution in [3.8, 4) is 23.5 Å². The molecule has 0 N–H and O–H groups in total. The highest BCUT2D eigenvalue weighted by Gasteiger charge is 2.21. The number of nitrogens with zero attached hydrogens (tertiary/aromatic N) is 4. The zero-order valence-corrected chi connectivity index (χ0v) is 18.0. The summed E-state index contributed by atoms with van der Waals surface area (Å²) in [6.45, 7) is 0. The van der Waals surface area contributed by atoms with Crippen molar-refractivity contribution >= 4 is 43.5 Å². The molecule has 0 atom stereocenters. The van der Waals surface area contributed by atoms with E-state index in [9.17, 15) is 10.5 Å². The molecule has 4 nitrogen and oxygen atoms in total. The number of hydrogen-bond donors (Lipinski definition) is 0. The van der Waals surface area contributed by atoms with E-state index >= 15 is 0 Å². The van der Waals surface area contributed by atoms with Crippen molar-refractivity contribution in [2.75, 3.05) is 0 Å². The summed E-state index contributed by atoms with van der Waals surface area (Å²) in [4.78, 5) is 0. The van der Waals surface area contributed by atoms with Crippen molar-refractivity contribution in [3.05, 3.63) is 108 Å². The Morgan fingerprint density at radius 3 is 2.12 bits per heavy atom. The van der Waals surface area contributed by atoms with Gasteiger partial charge in [-0.2, -0.15) is 10.5 Å². The Kier molecular flexibility index (Phi) is 3.66. The lowest BCUT2D eigenvalue weighted by Gasteiger charge is -2.11. The van der Waals surface area contributed by atoms with E-state index in [2.05, 4.69) is 82.1 Å². The maximum absolute atomic E-state index is 9.62. The van der Waals surface area contributed by atoms with Gasteiger partial charge in [-0.25, -0.2) is 0 Å². The molecular weight excluding hydrogens is 416 g/mol. The average molecular weight is 432 g/mol. The van der Waals surface area contributed by atoms with Crippen LogP contribution in [0.1, 0.15) is 11.1 Å². The van der Waals surface area contributed by atoms with Gasteiger partial charge in [0.15, 0.2) is 0 Å². The molecule has 7 aromatic rings. The molecule has 5 aromatic carbocycles. The third-order valence-electron chi connectivity index (χ3n) is 6.70. The van der Waals surface area contributed by atoms with Crippen molar-refractivity contribution in [2.24, 2.45) is 0 Å². The number of hydrogen-bond acceptors (Lipinski definition) is 2. The van der Waals surface area contributed by atoms with Crippen molar-refractivity contribution in [1.82, 2.24) is 9.13 Å². The van der Waals surface area contributed by atoms with Gasteiger partial charge in [-0.15, -0.1) is 0 Å². The van der Waals surface area contributed by atoms with Crippen LogP contribution in [0.5, 0.6) is 0 Å². The van der Waals surface area contributed by atoms with Crippen LogP contribution in [0.25, 0.3) is 54.9 Å². The van der Waals surface area contributed by atoms with Gasteiger partial charge in [-0.05, 0) is 59.3 Å². The quantitative estimate of drug-likeness (QED) is 0.275. The van der Waals surface area contributed by atoms with Crippen LogP contribution in [-0.2, 0) is 0 Å². The minimum Gasteiger partial charge on any atom is -0.316 e. The van der Waals surface area contributed by atoms with Gasteiger partial charge in [-0.1, -0.05) is 42.5 Å². The first kappa shape index (κ1) is 18.5. The smallest absolute Gasteiger partial charge is 0.0992 e. The van der Waals surface area contributed by atoms with Crippen molar-refractivity contribution in [2.45, 2.75) is 0 Å². The molecule has 0 amide bonds. The summed E-state index contributed by atoms with van der Waals surface area (Å²) in [5.41, 5.74) is 6.14. The Balaban J connectivity index is 1.71. The number of aromatic nitrogens is 2. The second-order valence-corrected chi connectivity index (χ2v) is 8.55. The van der Waals surface area contributed by atoms with E-state index in [0.717, 1.165) is 38.7 Å². The van der Waals surface area contributed by atoms with Gasteiger partial charge in [0, 0.05) is 33.7 Å². The van der Waals surface area contributed by atoms with E-state index in [4.69, 9.17) is 0 Å². The second-order valence-electron chi connectivity index (χ2n) is 8.55. The van der Waals surface area contributed by atoms with E-state index in [1.807, 2.05) is 30.3 Å². The van der Waals surface area contributed by atoms with Crippen molar-refractivity contribution in [1.29, 1.82) is 10.5 Å². The van der Waals surface area contributed by atoms with E-state index in [0.29, 0.717) is 11.1 Å². The van der Waals surface area contributed by atoms with Crippen LogP contribution in [0.4, 0.5) is 0 Å². The largest absolute Gasteiger partial charge is 0.316 e. The van der Waals surface area contributed by atoms with Gasteiger partial charge in [-0.3, -0.25) is 0 Å². The predicted molar refractivity (Wildman–Crippen MR) is 136 cm³/mol. The highest BCUT2D eigenvalue weighted by molar-refractivity contribution is 6.29. The third kappa shape index (κ3) is 2.40. The summed E-state index contributed by atoms with van der Waals surface area (Å²) >= 11 is 0. The second kappa shape index (κ2) is 6.72. The lowest BCUT2D eigenvalue weighted by Crippen LogP contribution is -1.97. The van der Waals surface area contributed by atoms with E-state index < -0.39 is 0 Å². The van der Waals surface area contributed by atoms with Gasteiger partial charge < -0.3 is 9.13 Å². The molecule has 0 fully saturated rings. The number of fused-ring (bicyclic) bond motifs is 2. The molecule has 34 heavy (non-hydrogen) atoms. The highest BCUT2D eigenvalue weighted by atomic mass is 15.0. The fraction of sp³-hybridized carbons (Fsp3) is 0. The molecule has 0 aliphatic rings. The molecule has 0 saturated carbocycles. The summed E-state index contributed by atoms with van der Waals surface area (Å²) in [6.07, 6.45) is 2.11. The van der Waals surface area contributed by atoms with Crippen LogP contribution in [0.15, 0.2) is 97.2 Å². The highest BCUT2D eigenvalue weighted by Crippen LogP contribution is 2.43. The summed E-state index contributed by atoms with van der Waals surface area (Å²) in [5, 5.41) is 25.1. The van der Waals surface area contributed by atoms with Gasteiger partial charge in [0.2, 0.25) is 0 Å². The Hall–Kier alpha value is -5.06. The molecule has 0 saturated heterocycles. The zero-order valence-electron chi connectivity index (χ0n) is 18.0. The molecule has 0 unspecified atom stereocenters. The van der Waals surface area contributed by atoms with Gasteiger partial charge >= 0.3 is 0 Å². The molecule has 7 rings (SSSR count). The molecule has 2 aromatic heterocycles. The first-order chi connectivity index (χ1) is 16.8. The van der Waals surface area contributed by atoms with E-state index in [1.165, 1.54) is 16.2 Å². The lowest BCUT2D eigenvalue weighted by atomic mass is 10.0. The molecule has 4 heteroatoms. The monoisotopic (exact) mass is 432 g/mol. The summed E-state index contributed by atoms with van der Waals surface area (Å²) < 4.78 is 4.42. The number of rotatable bonds is 2. The fourth-order valence-electron chi connectivity index (χ4n) is 5.32. The summed E-state index contributed by atoms with van der Waals surface area (Å²) in [6, 6.07) is 35.2. The van der Waals surface area contributed by atoms with Gasteiger partial charge in [0.1, 0.15) is 0 Å². The maximum atomic E-state index is 9.62. The predicted octanol–water partition coefficient (Wildman–Crippen LogP) is 7.06. The van der Waals surface area contributed by atoms with Crippen LogP contribution in [0.3, 0.4) is 0 Å². The molecular formula is C30H16N4. The van der Waals surface area contributed by atoms with Gasteiger partial charge in [0.05, 0.1) is 39.8 Å². The standard InChI is InChI=1S/C30H16N4/c31-17-19-13-20(18-32)15-24(14-19)34-26-8-4-5-21-9-10-22-16-27-25(30(34)29(22)28(21)26)11-12-33(27)23-6-2-1-3-7-23/h1-16H. The zero-order chi connectivity index (χ0) is 22.8. The maximum Gasteiger partial charge on any atom is 0.0992 e. The van der Waals surface area contributed by atoms with Crippen LogP contribution in [-0.4, -0.2) is 9.13 Å². The number of para-hydroxylation sites is 1. The van der Waals surface area contributed by atoms with Gasteiger partial charge in [0.25, 0.3) is 0 Å². The van der Waals surface area contributed by atoms with Crippen molar-refractivity contribution in [3.63, 3.8) is 0 Å². The topological polar surface area (TPSA) is 57.4 Å². The van der Waals surface area contributed by atoms with E-state index in [1.54, 1.807) is 6.07 Å². The molecule has 0 radical (unpaired) electrons. The van der Waals surface area contributed by atoms with Crippen LogP contribution in [0, 0.1) is 22.7 Å². The van der Waals surface area contributed by atoms with Crippen molar-refractivity contribution < 1.29 is 0 Å². The molecule has 0 bridgehead atoms. The SMILES string of the molecule is N#Cc1cc(C#N)cc(-n2c3cccc4ccc5cc6c(ccn6-c6ccccc6)c2c5c43)c1. The normalized spacial score (nSPS) is 11.5. The first-order valence-electron chi connectivity index (χ1n) is 11.1. The van der Waals surface area contributed by atoms with E-state index in [-0.39, 0.29) is 0 Å². The van der Waals surface area contributed by atoms with Crippen LogP contribution in [0.2, 0.25) is 0 Å². The third-order valence-corrected chi connectivity index (χ3v) is 6.70. The Bertz CT molecular complexity index is 1940. The first-order valence-corrected chi connectivity index (χ1v) is 11.1. The summed E-state index contributed by atoms with van der Waals surface area (Å²) in [5.74, 6) is 0. The number of nitriles is 2. The molecule has 0 spiro atoms. The average Bonchev–Trinajstić information content (AvgIpc) is 3.47. The minimum absolute atomic E-state index is 0.474. The Morgan fingerprint density at radius 2 is 1.35 bits per heavy atom. The molecule has 0 aliphatic carbocycles. The number of benzene rings is 5.